The molecule has 0 radical (unpaired) electrons. The molecule has 0 saturated carbocycles. The van der Waals surface area contributed by atoms with Gasteiger partial charge in [-0.05, 0) is 43.3 Å². The molecule has 2 heterocycles. The van der Waals surface area contributed by atoms with Crippen molar-refractivity contribution in [3.8, 4) is 17.1 Å². The number of hydrogen-bond donors (Lipinski definition) is 2. The SMILES string of the molecule is Cc1ccc(N2C(=O)NC(=O)/C(=C\c3ccc(-c4cc([N+](=O)[O-])ccc4O)o3)C2=O)cc1. The minimum atomic E-state index is -0.889. The Bertz CT molecular complexity index is 1310. The second-order valence-corrected chi connectivity index (χ2v) is 6.95. The van der Waals surface area contributed by atoms with E-state index in [-0.39, 0.29) is 39.8 Å². The van der Waals surface area contributed by atoms with Crippen molar-refractivity contribution < 1.29 is 28.8 Å². The zero-order valence-corrected chi connectivity index (χ0v) is 16.6. The molecule has 2 N–H and O–H groups in total. The summed E-state index contributed by atoms with van der Waals surface area (Å²) in [6, 6.07) is 12.0. The number of hydrogen-bond acceptors (Lipinski definition) is 7. The number of barbiturate groups is 1. The van der Waals surface area contributed by atoms with Crippen LogP contribution in [0, 0.1) is 17.0 Å². The van der Waals surface area contributed by atoms with Crippen LogP contribution in [0.4, 0.5) is 16.2 Å². The number of carbonyl (C=O) groups excluding carboxylic acids is 3. The van der Waals surface area contributed by atoms with E-state index < -0.39 is 22.8 Å². The molecule has 1 aliphatic heterocycles. The molecule has 2 aromatic carbocycles. The predicted molar refractivity (Wildman–Crippen MR) is 113 cm³/mol. The first-order valence-corrected chi connectivity index (χ1v) is 9.30. The molecular formula is C22H15N3O7. The standard InChI is InChI=1S/C22H15N3O7/c1-12-2-4-13(5-3-12)24-21(28)17(20(27)23-22(24)29)11-15-7-9-19(32-15)16-10-14(25(30)31)6-8-18(16)26/h2-11,26H,1H3,(H,23,27,29)/b17-11+. The number of benzene rings is 2. The highest BCUT2D eigenvalue weighted by Gasteiger charge is 2.37. The van der Waals surface area contributed by atoms with Crippen LogP contribution in [0.2, 0.25) is 0 Å². The quantitative estimate of drug-likeness (QED) is 0.277. The number of rotatable bonds is 4. The van der Waals surface area contributed by atoms with Crippen LogP contribution in [-0.4, -0.2) is 27.9 Å². The maximum Gasteiger partial charge on any atom is 0.335 e. The van der Waals surface area contributed by atoms with E-state index in [1.54, 1.807) is 24.3 Å². The monoisotopic (exact) mass is 433 g/mol. The largest absolute Gasteiger partial charge is 0.507 e. The van der Waals surface area contributed by atoms with Crippen LogP contribution in [0.1, 0.15) is 11.3 Å². The van der Waals surface area contributed by atoms with Crippen LogP contribution >= 0.6 is 0 Å². The Morgan fingerprint density at radius 3 is 2.47 bits per heavy atom. The Labute approximate surface area is 180 Å². The summed E-state index contributed by atoms with van der Waals surface area (Å²) in [6.45, 7) is 1.85. The van der Waals surface area contributed by atoms with Crippen LogP contribution in [0.15, 0.2) is 64.6 Å². The molecule has 1 fully saturated rings. The van der Waals surface area contributed by atoms with E-state index >= 15 is 0 Å². The Morgan fingerprint density at radius 2 is 1.78 bits per heavy atom. The molecule has 0 spiro atoms. The first-order valence-electron chi connectivity index (χ1n) is 9.30. The summed E-state index contributed by atoms with van der Waals surface area (Å²) in [6.07, 6.45) is 1.16. The number of amides is 4. The van der Waals surface area contributed by atoms with Crippen molar-refractivity contribution in [1.82, 2.24) is 5.32 Å². The number of phenolic OH excluding ortho intramolecular Hbond substituents is 1. The minimum absolute atomic E-state index is 0.0692. The molecule has 1 aliphatic rings. The maximum absolute atomic E-state index is 12.9. The Morgan fingerprint density at radius 1 is 1.06 bits per heavy atom. The molecule has 1 saturated heterocycles. The highest BCUT2D eigenvalue weighted by molar-refractivity contribution is 6.39. The summed E-state index contributed by atoms with van der Waals surface area (Å²) < 4.78 is 5.57. The van der Waals surface area contributed by atoms with E-state index in [1.165, 1.54) is 12.1 Å². The summed E-state index contributed by atoms with van der Waals surface area (Å²) in [4.78, 5) is 48.7. The van der Waals surface area contributed by atoms with Gasteiger partial charge in [-0.1, -0.05) is 17.7 Å². The summed E-state index contributed by atoms with van der Waals surface area (Å²) >= 11 is 0. The molecule has 10 heteroatoms. The molecule has 160 valence electrons. The van der Waals surface area contributed by atoms with Gasteiger partial charge in [0.25, 0.3) is 17.5 Å². The first kappa shape index (κ1) is 20.5. The second-order valence-electron chi connectivity index (χ2n) is 6.95. The molecule has 32 heavy (non-hydrogen) atoms. The van der Waals surface area contributed by atoms with Gasteiger partial charge in [0.15, 0.2) is 0 Å². The van der Waals surface area contributed by atoms with E-state index in [0.717, 1.165) is 34.7 Å². The van der Waals surface area contributed by atoms with Gasteiger partial charge in [0, 0.05) is 12.1 Å². The molecule has 0 aliphatic carbocycles. The molecule has 1 aromatic heterocycles. The number of non-ortho nitro benzene ring substituents is 1. The number of aromatic hydroxyl groups is 1. The number of carbonyl (C=O) groups is 3. The van der Waals surface area contributed by atoms with Crippen molar-refractivity contribution in [3.05, 3.63) is 81.6 Å². The van der Waals surface area contributed by atoms with Crippen LogP contribution in [-0.2, 0) is 9.59 Å². The van der Waals surface area contributed by atoms with E-state index in [2.05, 4.69) is 5.32 Å². The Balaban J connectivity index is 1.69. The number of urea groups is 1. The maximum atomic E-state index is 12.9. The lowest BCUT2D eigenvalue weighted by Crippen LogP contribution is -2.54. The van der Waals surface area contributed by atoms with Gasteiger partial charge in [-0.15, -0.1) is 0 Å². The van der Waals surface area contributed by atoms with E-state index in [1.807, 2.05) is 6.92 Å². The van der Waals surface area contributed by atoms with Crippen LogP contribution < -0.4 is 10.2 Å². The molecule has 0 atom stereocenters. The fourth-order valence-electron chi connectivity index (χ4n) is 3.14. The van der Waals surface area contributed by atoms with Crippen molar-refractivity contribution in [3.63, 3.8) is 0 Å². The Kier molecular flexibility index (Phi) is 5.03. The van der Waals surface area contributed by atoms with E-state index in [0.29, 0.717) is 0 Å². The zero-order chi connectivity index (χ0) is 23.0. The number of nitrogens with one attached hydrogen (secondary N) is 1. The van der Waals surface area contributed by atoms with Gasteiger partial charge >= 0.3 is 6.03 Å². The number of furan rings is 1. The number of imide groups is 2. The normalized spacial score (nSPS) is 15.2. The summed E-state index contributed by atoms with van der Waals surface area (Å²) in [5.41, 5.74) is 0.702. The highest BCUT2D eigenvalue weighted by Crippen LogP contribution is 2.34. The lowest BCUT2D eigenvalue weighted by atomic mass is 10.1. The second kappa shape index (κ2) is 7.84. The van der Waals surface area contributed by atoms with Crippen LogP contribution in [0.25, 0.3) is 17.4 Å². The van der Waals surface area contributed by atoms with E-state index in [4.69, 9.17) is 4.42 Å². The molecule has 4 amide bonds. The van der Waals surface area contributed by atoms with Gasteiger partial charge in [-0.25, -0.2) is 9.69 Å². The number of aryl methyl sites for hydroxylation is 1. The number of anilines is 1. The first-order chi connectivity index (χ1) is 15.2. The predicted octanol–water partition coefficient (Wildman–Crippen LogP) is 3.54. The third-order valence-electron chi connectivity index (χ3n) is 4.76. The lowest BCUT2D eigenvalue weighted by molar-refractivity contribution is -0.384. The number of phenols is 1. The van der Waals surface area contributed by atoms with Crippen molar-refractivity contribution in [2.45, 2.75) is 6.92 Å². The highest BCUT2D eigenvalue weighted by atomic mass is 16.6. The number of nitro groups is 1. The smallest absolute Gasteiger partial charge is 0.335 e. The van der Waals surface area contributed by atoms with Crippen molar-refractivity contribution in [1.29, 1.82) is 0 Å². The lowest BCUT2D eigenvalue weighted by Gasteiger charge is -2.26. The summed E-state index contributed by atoms with van der Waals surface area (Å²) in [5.74, 6) is -1.80. The van der Waals surface area contributed by atoms with Crippen molar-refractivity contribution in [2.75, 3.05) is 4.90 Å². The molecule has 4 rings (SSSR count). The third-order valence-corrected chi connectivity index (χ3v) is 4.76. The minimum Gasteiger partial charge on any atom is -0.507 e. The fraction of sp³-hybridized carbons (Fsp3) is 0.0455. The number of nitrogens with zero attached hydrogens (tertiary/aromatic N) is 2. The molecule has 0 unspecified atom stereocenters. The van der Waals surface area contributed by atoms with Gasteiger partial charge in [0.1, 0.15) is 22.8 Å². The van der Waals surface area contributed by atoms with Gasteiger partial charge in [0.05, 0.1) is 16.2 Å². The average molecular weight is 433 g/mol. The van der Waals surface area contributed by atoms with Gasteiger partial charge in [-0.3, -0.25) is 25.0 Å². The van der Waals surface area contributed by atoms with Crippen LogP contribution in [0.5, 0.6) is 5.75 Å². The van der Waals surface area contributed by atoms with Crippen LogP contribution in [0.3, 0.4) is 0 Å². The van der Waals surface area contributed by atoms with Gasteiger partial charge in [-0.2, -0.15) is 0 Å². The van der Waals surface area contributed by atoms with Crippen molar-refractivity contribution >= 4 is 35.3 Å². The topological polar surface area (TPSA) is 143 Å². The fourth-order valence-corrected chi connectivity index (χ4v) is 3.14. The van der Waals surface area contributed by atoms with Gasteiger partial charge < -0.3 is 9.52 Å². The molecule has 3 aromatic rings. The summed E-state index contributed by atoms with van der Waals surface area (Å²) in [5, 5.41) is 23.1. The van der Waals surface area contributed by atoms with Crippen molar-refractivity contribution in [2.24, 2.45) is 0 Å². The van der Waals surface area contributed by atoms with E-state index in [9.17, 15) is 29.6 Å². The molecule has 0 bridgehead atoms. The number of nitro benzene ring substituents is 1. The summed E-state index contributed by atoms with van der Waals surface area (Å²) in [7, 11) is 0. The molecule has 10 nitrogen and oxygen atoms in total. The third kappa shape index (κ3) is 3.72. The Hall–Kier alpha value is -4.73. The average Bonchev–Trinajstić information content (AvgIpc) is 3.21. The van der Waals surface area contributed by atoms with Gasteiger partial charge in [0.2, 0.25) is 0 Å². The molecular weight excluding hydrogens is 418 g/mol. The zero-order valence-electron chi connectivity index (χ0n) is 16.6.